The van der Waals surface area contributed by atoms with Crippen molar-refractivity contribution in [3.05, 3.63) is 41.5 Å². The van der Waals surface area contributed by atoms with Gasteiger partial charge >= 0.3 is 0 Å². The fraction of sp³-hybridized carbons (Fsp3) is 0.545. The lowest BCUT2D eigenvalue weighted by molar-refractivity contribution is -0.122. The number of amides is 2. The minimum Gasteiger partial charge on any atom is -0.289 e. The van der Waals surface area contributed by atoms with Crippen LogP contribution in [0.15, 0.2) is 41.5 Å². The van der Waals surface area contributed by atoms with Crippen molar-refractivity contribution < 1.29 is 9.59 Å². The minimum atomic E-state index is -0.247. The molecule has 4 rings (SSSR count). The van der Waals surface area contributed by atoms with Gasteiger partial charge in [-0.1, -0.05) is 25.1 Å². The largest absolute Gasteiger partial charge is 0.289 e. The van der Waals surface area contributed by atoms with Crippen LogP contribution >= 0.6 is 0 Å². The third-order valence-corrected chi connectivity index (χ3v) is 7.31. The summed E-state index contributed by atoms with van der Waals surface area (Å²) in [6, 6.07) is 9.35. The highest BCUT2D eigenvalue weighted by molar-refractivity contribution is 6.22. The molecule has 1 aromatic rings. The van der Waals surface area contributed by atoms with Gasteiger partial charge in [0.25, 0.3) is 0 Å². The number of likely N-dealkylation sites (N-methyl/N-ethyl adjacent to an activating group) is 1. The molecular weight excluding hydrogens is 324 g/mol. The van der Waals surface area contributed by atoms with Gasteiger partial charge in [-0.25, -0.2) is 0 Å². The number of carbonyl (C=O) groups is 2. The van der Waals surface area contributed by atoms with E-state index in [1.807, 2.05) is 30.3 Å². The first kappa shape index (κ1) is 17.5. The molecule has 1 fully saturated rings. The number of para-hydroxylation sites is 1. The molecule has 0 aromatic heterocycles. The first-order chi connectivity index (χ1) is 12.1. The molecule has 0 bridgehead atoms. The molecule has 26 heavy (non-hydrogen) atoms. The van der Waals surface area contributed by atoms with Crippen molar-refractivity contribution in [3.63, 3.8) is 0 Å². The number of imide groups is 1. The standard InChI is InChI=1S/C22H28N2O2/c1-13-17-15(12-16-18(13)22(4,5)23(6)21(16,2)3)19(25)24(20(17)26)14-10-8-7-9-11-14/h7-11,13,15,17H,12H2,1-6H3. The van der Waals surface area contributed by atoms with Crippen LogP contribution in [-0.2, 0) is 9.59 Å². The maximum atomic E-state index is 13.3. The molecule has 1 saturated heterocycles. The summed E-state index contributed by atoms with van der Waals surface area (Å²) in [5.41, 5.74) is 3.21. The highest BCUT2D eigenvalue weighted by Crippen LogP contribution is 2.57. The average molecular weight is 352 g/mol. The predicted octanol–water partition coefficient (Wildman–Crippen LogP) is 3.63. The lowest BCUT2D eigenvalue weighted by Crippen LogP contribution is -2.48. The molecule has 1 aliphatic carbocycles. The lowest BCUT2D eigenvalue weighted by Gasteiger charge is -2.40. The Kier molecular flexibility index (Phi) is 3.55. The van der Waals surface area contributed by atoms with E-state index in [0.717, 1.165) is 0 Å². The predicted molar refractivity (Wildman–Crippen MR) is 103 cm³/mol. The summed E-state index contributed by atoms with van der Waals surface area (Å²) in [6.07, 6.45) is 0.693. The van der Waals surface area contributed by atoms with Crippen molar-refractivity contribution in [2.45, 2.75) is 52.1 Å². The molecule has 138 valence electrons. The van der Waals surface area contributed by atoms with Gasteiger partial charge in [-0.3, -0.25) is 19.4 Å². The number of carbonyl (C=O) groups excluding carboxylic acids is 2. The number of rotatable bonds is 1. The zero-order valence-corrected chi connectivity index (χ0v) is 16.5. The molecule has 3 atom stereocenters. The molecule has 0 saturated carbocycles. The van der Waals surface area contributed by atoms with Crippen LogP contribution in [0.1, 0.15) is 41.0 Å². The summed E-state index contributed by atoms with van der Waals surface area (Å²) < 4.78 is 0. The average Bonchev–Trinajstić information content (AvgIpc) is 2.92. The number of anilines is 1. The summed E-state index contributed by atoms with van der Waals surface area (Å²) in [7, 11) is 2.15. The SMILES string of the molecule is CC1C2=C(CC3C(=O)N(c4ccccc4)C(=O)C13)C(C)(C)N(C)C2(C)C. The van der Waals surface area contributed by atoms with Gasteiger partial charge in [-0.15, -0.1) is 0 Å². The number of benzene rings is 1. The van der Waals surface area contributed by atoms with Gasteiger partial charge in [0.2, 0.25) is 11.8 Å². The van der Waals surface area contributed by atoms with Gasteiger partial charge in [0.1, 0.15) is 0 Å². The lowest BCUT2D eigenvalue weighted by atomic mass is 9.66. The Bertz CT molecular complexity index is 822. The number of nitrogens with zero attached hydrogens (tertiary/aromatic N) is 2. The highest BCUT2D eigenvalue weighted by atomic mass is 16.2. The third kappa shape index (κ3) is 1.99. The Morgan fingerprint density at radius 3 is 2.19 bits per heavy atom. The van der Waals surface area contributed by atoms with Gasteiger partial charge in [-0.2, -0.15) is 0 Å². The Hall–Kier alpha value is -1.94. The maximum absolute atomic E-state index is 13.3. The maximum Gasteiger partial charge on any atom is 0.238 e. The van der Waals surface area contributed by atoms with Crippen molar-refractivity contribution in [3.8, 4) is 0 Å². The van der Waals surface area contributed by atoms with Gasteiger partial charge in [0, 0.05) is 11.1 Å². The zero-order chi connectivity index (χ0) is 19.0. The van der Waals surface area contributed by atoms with Crippen LogP contribution in [0.4, 0.5) is 5.69 Å². The molecule has 0 radical (unpaired) electrons. The van der Waals surface area contributed by atoms with E-state index in [1.54, 1.807) is 0 Å². The van der Waals surface area contributed by atoms with Crippen LogP contribution in [0.3, 0.4) is 0 Å². The van der Waals surface area contributed by atoms with E-state index in [-0.39, 0.29) is 40.6 Å². The minimum absolute atomic E-state index is 0.0339. The van der Waals surface area contributed by atoms with Crippen molar-refractivity contribution >= 4 is 17.5 Å². The molecule has 2 heterocycles. The summed E-state index contributed by atoms with van der Waals surface area (Å²) in [5, 5.41) is 0. The topological polar surface area (TPSA) is 40.6 Å². The quantitative estimate of drug-likeness (QED) is 0.572. The molecule has 4 nitrogen and oxygen atoms in total. The van der Waals surface area contributed by atoms with Crippen LogP contribution in [-0.4, -0.2) is 34.8 Å². The Morgan fingerprint density at radius 1 is 0.962 bits per heavy atom. The van der Waals surface area contributed by atoms with Crippen molar-refractivity contribution in [1.29, 1.82) is 0 Å². The van der Waals surface area contributed by atoms with E-state index in [9.17, 15) is 9.59 Å². The zero-order valence-electron chi connectivity index (χ0n) is 16.5. The number of hydrogen-bond donors (Lipinski definition) is 0. The van der Waals surface area contributed by atoms with Crippen molar-refractivity contribution in [2.75, 3.05) is 11.9 Å². The third-order valence-electron chi connectivity index (χ3n) is 7.31. The van der Waals surface area contributed by atoms with Gasteiger partial charge < -0.3 is 0 Å². The molecule has 2 aliphatic heterocycles. The molecular formula is C22H28N2O2. The molecule has 0 N–H and O–H groups in total. The van der Waals surface area contributed by atoms with E-state index in [4.69, 9.17) is 0 Å². The molecule has 3 aliphatic rings. The highest BCUT2D eigenvalue weighted by Gasteiger charge is 2.60. The fourth-order valence-corrected chi connectivity index (χ4v) is 5.73. The summed E-state index contributed by atoms with van der Waals surface area (Å²) >= 11 is 0. The molecule has 0 spiro atoms. The molecule has 3 unspecified atom stereocenters. The van der Waals surface area contributed by atoms with Gasteiger partial charge in [0.05, 0.1) is 17.5 Å². The Labute approximate surface area is 155 Å². The molecule has 4 heteroatoms. The summed E-state index contributed by atoms with van der Waals surface area (Å²) in [5.74, 6) is -0.477. The van der Waals surface area contributed by atoms with E-state index >= 15 is 0 Å². The monoisotopic (exact) mass is 352 g/mol. The van der Waals surface area contributed by atoms with Gasteiger partial charge in [-0.05, 0) is 70.4 Å². The molecule has 2 amide bonds. The second kappa shape index (κ2) is 5.29. The second-order valence-electron chi connectivity index (χ2n) is 9.04. The summed E-state index contributed by atoms with van der Waals surface area (Å²) in [4.78, 5) is 30.3. The van der Waals surface area contributed by atoms with E-state index in [0.29, 0.717) is 12.1 Å². The molecule has 1 aromatic carbocycles. The number of hydrogen-bond acceptors (Lipinski definition) is 3. The first-order valence-corrected chi connectivity index (χ1v) is 9.51. The van der Waals surface area contributed by atoms with E-state index < -0.39 is 0 Å². The van der Waals surface area contributed by atoms with E-state index in [1.165, 1.54) is 16.0 Å². The van der Waals surface area contributed by atoms with Crippen molar-refractivity contribution in [2.24, 2.45) is 17.8 Å². The smallest absolute Gasteiger partial charge is 0.238 e. The Balaban J connectivity index is 1.79. The number of fused-ring (bicyclic) bond motifs is 1. The first-order valence-electron chi connectivity index (χ1n) is 9.51. The fourth-order valence-electron chi connectivity index (χ4n) is 5.73. The normalized spacial score (nSPS) is 32.8. The summed E-state index contributed by atoms with van der Waals surface area (Å²) in [6.45, 7) is 11.1. The van der Waals surface area contributed by atoms with Crippen LogP contribution < -0.4 is 4.90 Å². The van der Waals surface area contributed by atoms with Crippen LogP contribution in [0.2, 0.25) is 0 Å². The van der Waals surface area contributed by atoms with Crippen LogP contribution in [0, 0.1) is 17.8 Å². The van der Waals surface area contributed by atoms with Crippen molar-refractivity contribution in [1.82, 2.24) is 4.90 Å². The van der Waals surface area contributed by atoms with Crippen LogP contribution in [0.25, 0.3) is 0 Å². The van der Waals surface area contributed by atoms with Gasteiger partial charge in [0.15, 0.2) is 0 Å². The van der Waals surface area contributed by atoms with E-state index in [2.05, 4.69) is 46.6 Å². The van der Waals surface area contributed by atoms with Crippen LogP contribution in [0.5, 0.6) is 0 Å². The Morgan fingerprint density at radius 2 is 1.58 bits per heavy atom. The second-order valence-corrected chi connectivity index (χ2v) is 9.04.